The van der Waals surface area contributed by atoms with Crippen molar-refractivity contribution in [3.05, 3.63) is 22.2 Å². The summed E-state index contributed by atoms with van der Waals surface area (Å²) >= 11 is 11.4. The number of alkyl halides is 3. The molecule has 0 bridgehead atoms. The topological polar surface area (TPSA) is 44.5 Å². The summed E-state index contributed by atoms with van der Waals surface area (Å²) in [5.41, 5.74) is 5.84. The van der Waals surface area contributed by atoms with E-state index in [9.17, 15) is 13.2 Å². The fourth-order valence-corrected chi connectivity index (χ4v) is 1.39. The number of rotatable bonds is 5. The standard InChI is InChI=1S/C10H10Cl2F3NO2/c11-6-3-8(16)9(4-7(6)12)18-2-1-17-5-10(13,14)15/h3-4H,1-2,5,16H2. The Hall–Kier alpha value is -0.850. The quantitative estimate of drug-likeness (QED) is 0.668. The SMILES string of the molecule is Nc1cc(Cl)c(Cl)cc1OCCOCC(F)(F)F. The molecule has 0 aliphatic carbocycles. The van der Waals surface area contributed by atoms with E-state index in [1.54, 1.807) is 0 Å². The van der Waals surface area contributed by atoms with Crippen molar-refractivity contribution in [1.82, 2.24) is 0 Å². The molecule has 18 heavy (non-hydrogen) atoms. The first-order chi connectivity index (χ1) is 8.29. The average Bonchev–Trinajstić information content (AvgIpc) is 2.23. The maximum atomic E-state index is 11.7. The number of ether oxygens (including phenoxy) is 2. The molecule has 0 unspecified atom stereocenters. The summed E-state index contributed by atoms with van der Waals surface area (Å²) < 4.78 is 44.7. The number of benzene rings is 1. The van der Waals surface area contributed by atoms with Gasteiger partial charge in [-0.25, -0.2) is 0 Å². The fourth-order valence-electron chi connectivity index (χ4n) is 1.07. The van der Waals surface area contributed by atoms with Crippen LogP contribution in [0.3, 0.4) is 0 Å². The molecule has 1 aromatic carbocycles. The second-order valence-electron chi connectivity index (χ2n) is 3.32. The molecule has 0 heterocycles. The predicted molar refractivity (Wildman–Crippen MR) is 63.2 cm³/mol. The van der Waals surface area contributed by atoms with Crippen LogP contribution in [0.2, 0.25) is 10.0 Å². The van der Waals surface area contributed by atoms with E-state index in [0.29, 0.717) is 0 Å². The monoisotopic (exact) mass is 303 g/mol. The number of hydrogen-bond acceptors (Lipinski definition) is 3. The van der Waals surface area contributed by atoms with Crippen molar-refractivity contribution in [3.63, 3.8) is 0 Å². The van der Waals surface area contributed by atoms with E-state index in [0.717, 1.165) is 0 Å². The first-order valence-electron chi connectivity index (χ1n) is 4.81. The lowest BCUT2D eigenvalue weighted by atomic mass is 10.3. The number of anilines is 1. The average molecular weight is 304 g/mol. The predicted octanol–water partition coefficient (Wildman–Crippen LogP) is 3.53. The van der Waals surface area contributed by atoms with Gasteiger partial charge < -0.3 is 15.2 Å². The molecule has 2 N–H and O–H groups in total. The van der Waals surface area contributed by atoms with Crippen LogP contribution in [0.4, 0.5) is 18.9 Å². The Morgan fingerprint density at radius 1 is 1.11 bits per heavy atom. The highest BCUT2D eigenvalue weighted by Gasteiger charge is 2.27. The van der Waals surface area contributed by atoms with E-state index < -0.39 is 12.8 Å². The van der Waals surface area contributed by atoms with Crippen LogP contribution >= 0.6 is 23.2 Å². The molecule has 0 amide bonds. The summed E-state index contributed by atoms with van der Waals surface area (Å²) in [6.07, 6.45) is -4.34. The van der Waals surface area contributed by atoms with Crippen molar-refractivity contribution in [1.29, 1.82) is 0 Å². The summed E-state index contributed by atoms with van der Waals surface area (Å²) in [6, 6.07) is 2.79. The lowest BCUT2D eigenvalue weighted by Crippen LogP contribution is -2.19. The minimum Gasteiger partial charge on any atom is -0.489 e. The number of nitrogens with two attached hydrogens (primary N) is 1. The van der Waals surface area contributed by atoms with Crippen LogP contribution in [-0.4, -0.2) is 26.0 Å². The number of halogens is 5. The highest BCUT2D eigenvalue weighted by atomic mass is 35.5. The highest BCUT2D eigenvalue weighted by molar-refractivity contribution is 6.42. The van der Waals surface area contributed by atoms with Gasteiger partial charge in [-0.15, -0.1) is 0 Å². The van der Waals surface area contributed by atoms with Crippen molar-refractivity contribution in [2.75, 3.05) is 25.6 Å². The van der Waals surface area contributed by atoms with Gasteiger partial charge in [-0.2, -0.15) is 13.2 Å². The van der Waals surface area contributed by atoms with Gasteiger partial charge in [-0.1, -0.05) is 23.2 Å². The Labute approximate surface area is 112 Å². The zero-order valence-corrected chi connectivity index (χ0v) is 10.6. The zero-order chi connectivity index (χ0) is 13.8. The fraction of sp³-hybridized carbons (Fsp3) is 0.400. The van der Waals surface area contributed by atoms with Gasteiger partial charge in [-0.3, -0.25) is 0 Å². The molecular formula is C10H10Cl2F3NO2. The molecule has 0 aromatic heterocycles. The Morgan fingerprint density at radius 3 is 2.33 bits per heavy atom. The van der Waals surface area contributed by atoms with E-state index in [1.807, 2.05) is 0 Å². The molecule has 0 atom stereocenters. The summed E-state index contributed by atoms with van der Waals surface area (Å²) in [5, 5.41) is 0.520. The van der Waals surface area contributed by atoms with Crippen molar-refractivity contribution in [2.45, 2.75) is 6.18 Å². The molecule has 102 valence electrons. The second-order valence-corrected chi connectivity index (χ2v) is 4.13. The number of nitrogen functional groups attached to an aromatic ring is 1. The second kappa shape index (κ2) is 6.36. The smallest absolute Gasteiger partial charge is 0.411 e. The zero-order valence-electron chi connectivity index (χ0n) is 9.06. The van der Waals surface area contributed by atoms with Gasteiger partial charge in [0.1, 0.15) is 19.0 Å². The van der Waals surface area contributed by atoms with Crippen molar-refractivity contribution in [3.8, 4) is 5.75 Å². The van der Waals surface area contributed by atoms with E-state index in [2.05, 4.69) is 4.74 Å². The van der Waals surface area contributed by atoms with Crippen LogP contribution in [0.25, 0.3) is 0 Å². The third kappa shape index (κ3) is 5.20. The largest absolute Gasteiger partial charge is 0.489 e. The van der Waals surface area contributed by atoms with Crippen LogP contribution in [0.1, 0.15) is 0 Å². The minimum atomic E-state index is -4.34. The Bertz CT molecular complexity index is 413. The molecule has 0 saturated heterocycles. The van der Waals surface area contributed by atoms with Gasteiger partial charge in [0.25, 0.3) is 0 Å². The van der Waals surface area contributed by atoms with Gasteiger partial charge in [0.2, 0.25) is 0 Å². The maximum Gasteiger partial charge on any atom is 0.411 e. The van der Waals surface area contributed by atoms with Crippen LogP contribution in [-0.2, 0) is 4.74 Å². The first-order valence-corrected chi connectivity index (χ1v) is 5.57. The minimum absolute atomic E-state index is 0.0712. The molecule has 0 spiro atoms. The molecule has 0 radical (unpaired) electrons. The van der Waals surface area contributed by atoms with Gasteiger partial charge >= 0.3 is 6.18 Å². The summed E-state index contributed by atoms with van der Waals surface area (Å²) in [4.78, 5) is 0. The lowest BCUT2D eigenvalue weighted by molar-refractivity contribution is -0.175. The maximum absolute atomic E-state index is 11.7. The Kier molecular flexibility index (Phi) is 5.37. The summed E-state index contributed by atoms with van der Waals surface area (Å²) in [6.45, 7) is -1.59. The third-order valence-corrected chi connectivity index (χ3v) is 2.53. The highest BCUT2D eigenvalue weighted by Crippen LogP contribution is 2.32. The summed E-state index contributed by atoms with van der Waals surface area (Å²) in [7, 11) is 0. The van der Waals surface area contributed by atoms with E-state index >= 15 is 0 Å². The Morgan fingerprint density at radius 2 is 1.72 bits per heavy atom. The van der Waals surface area contributed by atoms with Gasteiger partial charge in [0, 0.05) is 6.07 Å². The molecule has 0 saturated carbocycles. The third-order valence-electron chi connectivity index (χ3n) is 1.80. The molecule has 3 nitrogen and oxygen atoms in total. The molecule has 8 heteroatoms. The van der Waals surface area contributed by atoms with Crippen LogP contribution < -0.4 is 10.5 Å². The van der Waals surface area contributed by atoms with Crippen LogP contribution in [0.5, 0.6) is 5.75 Å². The molecule has 0 fully saturated rings. The van der Waals surface area contributed by atoms with E-state index in [1.165, 1.54) is 12.1 Å². The van der Waals surface area contributed by atoms with Crippen LogP contribution in [0, 0.1) is 0 Å². The normalized spacial score (nSPS) is 11.6. The molecular weight excluding hydrogens is 294 g/mol. The van der Waals surface area contributed by atoms with Crippen molar-refractivity contribution < 1.29 is 22.6 Å². The first kappa shape index (κ1) is 15.2. The van der Waals surface area contributed by atoms with E-state index in [4.69, 9.17) is 33.7 Å². The molecule has 0 aliphatic rings. The van der Waals surface area contributed by atoms with Crippen molar-refractivity contribution in [2.24, 2.45) is 0 Å². The molecule has 1 rings (SSSR count). The van der Waals surface area contributed by atoms with Crippen molar-refractivity contribution >= 4 is 28.9 Å². The Balaban J connectivity index is 2.38. The van der Waals surface area contributed by atoms with E-state index in [-0.39, 0.29) is 34.7 Å². The van der Waals surface area contributed by atoms with Crippen LogP contribution in [0.15, 0.2) is 12.1 Å². The lowest BCUT2D eigenvalue weighted by Gasteiger charge is -2.11. The summed E-state index contributed by atoms with van der Waals surface area (Å²) in [5.74, 6) is 0.250. The van der Waals surface area contributed by atoms with Gasteiger partial charge in [0.05, 0.1) is 22.3 Å². The van der Waals surface area contributed by atoms with Gasteiger partial charge in [0.15, 0.2) is 0 Å². The number of hydrogen-bond donors (Lipinski definition) is 1. The molecule has 0 aliphatic heterocycles. The van der Waals surface area contributed by atoms with Gasteiger partial charge in [-0.05, 0) is 6.07 Å². The molecule has 1 aromatic rings.